The summed E-state index contributed by atoms with van der Waals surface area (Å²) in [4.78, 5) is 25.1. The fraction of sp³-hybridized carbons (Fsp3) is 0.500. The lowest BCUT2D eigenvalue weighted by molar-refractivity contribution is -0.131. The summed E-state index contributed by atoms with van der Waals surface area (Å²) in [5.41, 5.74) is 0.254. The number of sulfone groups is 1. The zero-order valence-corrected chi connectivity index (χ0v) is 16.5. The maximum atomic E-state index is 12.0. The average Bonchev–Trinajstić information content (AvgIpc) is 2.50. The fourth-order valence-corrected chi connectivity index (χ4v) is 3.92. The highest BCUT2D eigenvalue weighted by molar-refractivity contribution is 7.92. The topological polar surface area (TPSA) is 83.6 Å². The Balaban J connectivity index is 2.58. The lowest BCUT2D eigenvalue weighted by atomic mass is 10.3. The number of hydrogen-bond donors (Lipinski definition) is 1. The Morgan fingerprint density at radius 2 is 1.76 bits per heavy atom. The zero-order chi connectivity index (χ0) is 19.0. The van der Waals surface area contributed by atoms with Gasteiger partial charge in [-0.05, 0) is 18.6 Å². The molecule has 0 saturated carbocycles. The van der Waals surface area contributed by atoms with Crippen molar-refractivity contribution in [2.45, 2.75) is 26.2 Å². The molecule has 2 amide bonds. The highest BCUT2D eigenvalue weighted by Gasteiger charge is 2.21. The van der Waals surface area contributed by atoms with Gasteiger partial charge in [0.25, 0.3) is 0 Å². The third kappa shape index (κ3) is 7.63. The molecule has 1 N–H and O–H groups in total. The minimum absolute atomic E-state index is 0.0259. The van der Waals surface area contributed by atoms with Gasteiger partial charge in [0.15, 0.2) is 9.84 Å². The largest absolute Gasteiger partial charge is 0.336 e. The van der Waals surface area contributed by atoms with Crippen molar-refractivity contribution in [1.29, 1.82) is 0 Å². The Hall–Kier alpha value is -1.31. The van der Waals surface area contributed by atoms with E-state index in [1.807, 2.05) is 6.92 Å². The van der Waals surface area contributed by atoms with Crippen molar-refractivity contribution in [2.24, 2.45) is 0 Å². The van der Waals surface area contributed by atoms with Crippen LogP contribution in [0.1, 0.15) is 26.2 Å². The van der Waals surface area contributed by atoms with Crippen molar-refractivity contribution in [1.82, 2.24) is 4.90 Å². The van der Waals surface area contributed by atoms with Crippen LogP contribution in [-0.4, -0.2) is 50.2 Å². The van der Waals surface area contributed by atoms with Crippen LogP contribution in [0.25, 0.3) is 0 Å². The predicted molar refractivity (Wildman–Crippen MR) is 101 cm³/mol. The van der Waals surface area contributed by atoms with Crippen molar-refractivity contribution < 1.29 is 18.0 Å². The van der Waals surface area contributed by atoms with Crippen LogP contribution in [0.4, 0.5) is 5.69 Å². The predicted octanol–water partition coefficient (Wildman–Crippen LogP) is 3.00. The van der Waals surface area contributed by atoms with Crippen LogP contribution >= 0.6 is 23.2 Å². The summed E-state index contributed by atoms with van der Waals surface area (Å²) in [6, 6.07) is 4.78. The van der Waals surface area contributed by atoms with Crippen molar-refractivity contribution in [3.05, 3.63) is 28.2 Å². The van der Waals surface area contributed by atoms with Gasteiger partial charge in [-0.25, -0.2) is 8.42 Å². The molecule has 0 unspecified atom stereocenters. The second-order valence-electron chi connectivity index (χ2n) is 5.69. The van der Waals surface area contributed by atoms with Gasteiger partial charge in [-0.15, -0.1) is 0 Å². The zero-order valence-electron chi connectivity index (χ0n) is 14.2. The minimum Gasteiger partial charge on any atom is -0.336 e. The maximum absolute atomic E-state index is 12.0. The Morgan fingerprint density at radius 1 is 1.16 bits per heavy atom. The number of para-hydroxylation sites is 1. The number of anilines is 1. The van der Waals surface area contributed by atoms with E-state index in [0.29, 0.717) is 6.42 Å². The molecule has 0 atom stereocenters. The summed E-state index contributed by atoms with van der Waals surface area (Å²) in [6.45, 7) is 1.67. The Bertz CT molecular complexity index is 703. The molecule has 6 nitrogen and oxygen atoms in total. The van der Waals surface area contributed by atoms with Crippen LogP contribution in [0.15, 0.2) is 18.2 Å². The van der Waals surface area contributed by atoms with Gasteiger partial charge in [0.05, 0.1) is 28.0 Å². The minimum atomic E-state index is -3.47. The van der Waals surface area contributed by atoms with Gasteiger partial charge in [-0.3, -0.25) is 9.59 Å². The summed E-state index contributed by atoms with van der Waals surface area (Å²) >= 11 is 11.9. The van der Waals surface area contributed by atoms with Gasteiger partial charge in [0, 0.05) is 7.05 Å². The van der Waals surface area contributed by atoms with E-state index in [2.05, 4.69) is 5.32 Å². The number of halogens is 2. The molecule has 0 heterocycles. The first-order valence-corrected chi connectivity index (χ1v) is 10.4. The van der Waals surface area contributed by atoms with E-state index < -0.39 is 27.4 Å². The second kappa shape index (κ2) is 9.99. The van der Waals surface area contributed by atoms with Crippen LogP contribution in [0.2, 0.25) is 10.0 Å². The molecule has 9 heteroatoms. The van der Waals surface area contributed by atoms with E-state index in [0.717, 1.165) is 17.7 Å². The summed E-state index contributed by atoms with van der Waals surface area (Å²) in [6.07, 6.45) is 2.22. The number of unbranched alkanes of at least 4 members (excludes halogenated alkanes) is 2. The number of carbonyl (C=O) groups is 2. The van der Waals surface area contributed by atoms with Crippen molar-refractivity contribution in [2.75, 3.05) is 30.4 Å². The number of carbonyl (C=O) groups excluding carboxylic acids is 2. The third-order valence-electron chi connectivity index (χ3n) is 3.44. The lowest BCUT2D eigenvalue weighted by Gasteiger charge is -2.17. The maximum Gasteiger partial charge on any atom is 0.244 e. The lowest BCUT2D eigenvalue weighted by Crippen LogP contribution is -2.38. The van der Waals surface area contributed by atoms with Gasteiger partial charge >= 0.3 is 0 Å². The van der Waals surface area contributed by atoms with E-state index in [1.165, 1.54) is 7.05 Å². The van der Waals surface area contributed by atoms with Crippen molar-refractivity contribution >= 4 is 50.5 Å². The Labute approximate surface area is 158 Å². The van der Waals surface area contributed by atoms with E-state index >= 15 is 0 Å². The molecule has 0 fully saturated rings. The first-order valence-electron chi connectivity index (χ1n) is 7.84. The van der Waals surface area contributed by atoms with E-state index in [4.69, 9.17) is 23.2 Å². The molecule has 0 bridgehead atoms. The average molecular weight is 409 g/mol. The van der Waals surface area contributed by atoms with E-state index in [9.17, 15) is 18.0 Å². The summed E-state index contributed by atoms with van der Waals surface area (Å²) < 4.78 is 23.8. The second-order valence-corrected chi connectivity index (χ2v) is 8.69. The number of benzene rings is 1. The molecule has 0 aromatic heterocycles. The van der Waals surface area contributed by atoms with Gasteiger partial charge < -0.3 is 10.2 Å². The van der Waals surface area contributed by atoms with Crippen LogP contribution < -0.4 is 5.32 Å². The summed E-state index contributed by atoms with van der Waals surface area (Å²) in [5.74, 6) is -1.78. The van der Waals surface area contributed by atoms with E-state index in [1.54, 1.807) is 18.2 Å². The third-order valence-corrected chi connectivity index (χ3v) is 5.66. The molecule has 0 radical (unpaired) electrons. The molecule has 0 saturated heterocycles. The van der Waals surface area contributed by atoms with Crippen LogP contribution in [0, 0.1) is 0 Å². The molecule has 0 spiro atoms. The van der Waals surface area contributed by atoms with Crippen LogP contribution in [-0.2, 0) is 19.4 Å². The fourth-order valence-electron chi connectivity index (χ4n) is 2.04. The number of nitrogens with one attached hydrogen (secondary N) is 1. The molecular weight excluding hydrogens is 387 g/mol. The molecule has 0 aliphatic heterocycles. The number of rotatable bonds is 9. The monoisotopic (exact) mass is 408 g/mol. The van der Waals surface area contributed by atoms with Gasteiger partial charge in [-0.1, -0.05) is 49.0 Å². The molecular formula is C16H22Cl2N2O4S. The van der Waals surface area contributed by atoms with Crippen LogP contribution in [0.3, 0.4) is 0 Å². The normalized spacial score (nSPS) is 11.2. The van der Waals surface area contributed by atoms with Crippen molar-refractivity contribution in [3.8, 4) is 0 Å². The standard InChI is InChI=1S/C16H22Cl2N2O4S/c1-3-4-5-9-25(23,24)11-15(22)20(2)10-14(21)19-16-12(17)7-6-8-13(16)18/h6-8H,3-5,9-11H2,1-2H3,(H,19,21). The quantitative estimate of drug-likeness (QED) is 0.636. The molecule has 1 rings (SSSR count). The van der Waals surface area contributed by atoms with Gasteiger partial charge in [0.1, 0.15) is 5.75 Å². The molecule has 1 aromatic carbocycles. The summed E-state index contributed by atoms with van der Waals surface area (Å²) in [7, 11) is -2.10. The smallest absolute Gasteiger partial charge is 0.244 e. The van der Waals surface area contributed by atoms with Gasteiger partial charge in [0.2, 0.25) is 11.8 Å². The Morgan fingerprint density at radius 3 is 2.32 bits per heavy atom. The molecule has 140 valence electrons. The number of hydrogen-bond acceptors (Lipinski definition) is 4. The molecule has 1 aromatic rings. The molecule has 0 aliphatic rings. The first kappa shape index (κ1) is 21.7. The van der Waals surface area contributed by atoms with Crippen LogP contribution in [0.5, 0.6) is 0 Å². The number of nitrogens with zero attached hydrogens (tertiary/aromatic N) is 1. The number of likely N-dealkylation sites (N-methyl/N-ethyl adjacent to an activating group) is 1. The first-order chi connectivity index (χ1) is 11.7. The SMILES string of the molecule is CCCCCS(=O)(=O)CC(=O)N(C)CC(=O)Nc1c(Cl)cccc1Cl. The van der Waals surface area contributed by atoms with Crippen molar-refractivity contribution in [3.63, 3.8) is 0 Å². The van der Waals surface area contributed by atoms with E-state index in [-0.39, 0.29) is 28.0 Å². The Kier molecular flexibility index (Phi) is 8.68. The highest BCUT2D eigenvalue weighted by atomic mass is 35.5. The molecule has 25 heavy (non-hydrogen) atoms. The highest BCUT2D eigenvalue weighted by Crippen LogP contribution is 2.29. The van der Waals surface area contributed by atoms with Gasteiger partial charge in [-0.2, -0.15) is 0 Å². The summed E-state index contributed by atoms with van der Waals surface area (Å²) in [5, 5.41) is 3.07. The number of amides is 2. The molecule has 0 aliphatic carbocycles.